The Morgan fingerprint density at radius 1 is 1.20 bits per heavy atom. The van der Waals surface area contributed by atoms with Gasteiger partial charge in [-0.1, -0.05) is 0 Å². The van der Waals surface area contributed by atoms with E-state index in [0.717, 1.165) is 5.69 Å². The minimum Gasteiger partial charge on any atom is -0.507 e. The highest BCUT2D eigenvalue weighted by Gasteiger charge is 2.53. The van der Waals surface area contributed by atoms with Gasteiger partial charge < -0.3 is 19.9 Å². The lowest BCUT2D eigenvalue weighted by Gasteiger charge is -2.36. The van der Waals surface area contributed by atoms with Crippen LogP contribution >= 0.6 is 0 Å². The van der Waals surface area contributed by atoms with Crippen LogP contribution in [0.4, 0.5) is 14.6 Å². The van der Waals surface area contributed by atoms with Gasteiger partial charge in [0.25, 0.3) is 5.92 Å². The average molecular weight is 412 g/mol. The Balaban J connectivity index is 1.33. The minimum absolute atomic E-state index is 0.0161. The molecule has 30 heavy (non-hydrogen) atoms. The number of imidazole rings is 1. The fourth-order valence-corrected chi connectivity index (χ4v) is 4.49. The van der Waals surface area contributed by atoms with Crippen LogP contribution in [0.5, 0.6) is 5.75 Å². The molecule has 2 fully saturated rings. The molecule has 3 aromatic rings. The summed E-state index contributed by atoms with van der Waals surface area (Å²) in [5, 5.41) is 22.0. The fraction of sp³-hybridized carbons (Fsp3) is 0.381. The Hall–Kier alpha value is -3.07. The minimum atomic E-state index is -2.64. The Morgan fingerprint density at radius 2 is 2.07 bits per heavy atom. The molecule has 5 rings (SSSR count). The van der Waals surface area contributed by atoms with Gasteiger partial charge in [-0.15, -0.1) is 10.2 Å². The molecule has 2 saturated heterocycles. The van der Waals surface area contributed by atoms with Crippen molar-refractivity contribution in [2.24, 2.45) is 0 Å². The third-order valence-electron chi connectivity index (χ3n) is 6.15. The number of piperidine rings is 1. The molecule has 2 aliphatic heterocycles. The molecule has 0 amide bonds. The highest BCUT2D eigenvalue weighted by atomic mass is 19.3. The van der Waals surface area contributed by atoms with Crippen molar-refractivity contribution in [3.05, 3.63) is 49.1 Å². The molecule has 0 radical (unpaired) electrons. The number of nitrogens with one attached hydrogen (secondary N) is 1. The first-order chi connectivity index (χ1) is 14.4. The highest BCUT2D eigenvalue weighted by Crippen LogP contribution is 2.40. The van der Waals surface area contributed by atoms with Gasteiger partial charge in [0.05, 0.1) is 23.8 Å². The van der Waals surface area contributed by atoms with Gasteiger partial charge in [0.15, 0.2) is 5.82 Å². The number of phenolic OH excluding ortho intramolecular Hbond substituents is 1. The van der Waals surface area contributed by atoms with E-state index in [2.05, 4.69) is 20.5 Å². The molecule has 0 saturated carbocycles. The number of anilines is 1. The summed E-state index contributed by atoms with van der Waals surface area (Å²) in [5.74, 6) is -1.92. The second-order valence-corrected chi connectivity index (χ2v) is 8.07. The zero-order chi connectivity index (χ0) is 20.9. The molecule has 4 heterocycles. The second-order valence-electron chi connectivity index (χ2n) is 8.07. The molecule has 2 aromatic heterocycles. The SMILES string of the molecule is CN(c1ccc(-c2ccc(-n3ccnc3)cc2O)nn1)[C@@H]1C[C@@H]2CC(F)(F)[C@H](C1)N2. The first kappa shape index (κ1) is 18.9. The second kappa shape index (κ2) is 7.02. The summed E-state index contributed by atoms with van der Waals surface area (Å²) < 4.78 is 29.8. The fourth-order valence-electron chi connectivity index (χ4n) is 4.49. The normalized spacial score (nSPS) is 24.7. The lowest BCUT2D eigenvalue weighted by atomic mass is 9.98. The smallest absolute Gasteiger partial charge is 0.264 e. The number of aromatic hydroxyl groups is 1. The summed E-state index contributed by atoms with van der Waals surface area (Å²) in [6.45, 7) is 0. The predicted octanol–water partition coefficient (Wildman–Crippen LogP) is 3.00. The lowest BCUT2D eigenvalue weighted by molar-refractivity contribution is -0.0128. The number of alkyl halides is 2. The third-order valence-corrected chi connectivity index (χ3v) is 6.15. The van der Waals surface area contributed by atoms with Crippen molar-refractivity contribution in [3.8, 4) is 22.7 Å². The van der Waals surface area contributed by atoms with E-state index < -0.39 is 12.0 Å². The number of hydrogen-bond donors (Lipinski definition) is 2. The number of rotatable bonds is 4. The Bertz CT molecular complexity index is 1040. The number of aromatic nitrogens is 4. The van der Waals surface area contributed by atoms with Crippen molar-refractivity contribution in [1.29, 1.82) is 0 Å². The van der Waals surface area contributed by atoms with Crippen LogP contribution in [0.15, 0.2) is 49.1 Å². The van der Waals surface area contributed by atoms with Crippen molar-refractivity contribution in [2.45, 2.75) is 43.3 Å². The summed E-state index contributed by atoms with van der Waals surface area (Å²) in [6.07, 6.45) is 6.05. The summed E-state index contributed by atoms with van der Waals surface area (Å²) in [4.78, 5) is 5.94. The van der Waals surface area contributed by atoms with E-state index in [1.165, 1.54) is 0 Å². The van der Waals surface area contributed by atoms with Crippen LogP contribution in [0.25, 0.3) is 16.9 Å². The van der Waals surface area contributed by atoms with Gasteiger partial charge in [-0.05, 0) is 37.1 Å². The maximum absolute atomic E-state index is 14.0. The van der Waals surface area contributed by atoms with Gasteiger partial charge in [0, 0.05) is 49.6 Å². The number of phenols is 1. The number of fused-ring (bicyclic) bond motifs is 2. The molecule has 2 aliphatic rings. The average Bonchev–Trinajstić information content (AvgIpc) is 3.34. The third kappa shape index (κ3) is 3.28. The van der Waals surface area contributed by atoms with Crippen molar-refractivity contribution < 1.29 is 13.9 Å². The first-order valence-corrected chi connectivity index (χ1v) is 9.93. The summed E-state index contributed by atoms with van der Waals surface area (Å²) in [7, 11) is 1.87. The van der Waals surface area contributed by atoms with Gasteiger partial charge in [-0.2, -0.15) is 0 Å². The first-order valence-electron chi connectivity index (χ1n) is 9.93. The highest BCUT2D eigenvalue weighted by molar-refractivity contribution is 5.69. The van der Waals surface area contributed by atoms with E-state index in [4.69, 9.17) is 0 Å². The molecule has 0 unspecified atom stereocenters. The topological polar surface area (TPSA) is 79.1 Å². The van der Waals surface area contributed by atoms with Gasteiger partial charge >= 0.3 is 0 Å². The van der Waals surface area contributed by atoms with E-state index in [-0.39, 0.29) is 24.3 Å². The van der Waals surface area contributed by atoms with Crippen LogP contribution in [-0.4, -0.2) is 56.0 Å². The van der Waals surface area contributed by atoms with E-state index in [0.29, 0.717) is 29.9 Å². The molecule has 156 valence electrons. The molecule has 0 aliphatic carbocycles. The van der Waals surface area contributed by atoms with E-state index >= 15 is 0 Å². The molecule has 1 aromatic carbocycles. The largest absolute Gasteiger partial charge is 0.507 e. The molecular weight excluding hydrogens is 390 g/mol. The van der Waals surface area contributed by atoms with Gasteiger partial charge in [0.1, 0.15) is 5.75 Å². The number of nitrogens with zero attached hydrogens (tertiary/aromatic N) is 5. The van der Waals surface area contributed by atoms with E-state index in [1.807, 2.05) is 24.1 Å². The van der Waals surface area contributed by atoms with E-state index in [1.54, 1.807) is 41.5 Å². The zero-order valence-corrected chi connectivity index (χ0v) is 16.4. The molecule has 3 atom stereocenters. The maximum atomic E-state index is 14.0. The van der Waals surface area contributed by atoms with Crippen LogP contribution < -0.4 is 10.2 Å². The molecule has 2 N–H and O–H groups in total. The van der Waals surface area contributed by atoms with Crippen LogP contribution in [-0.2, 0) is 0 Å². The number of benzene rings is 1. The summed E-state index contributed by atoms with van der Waals surface area (Å²) in [5.41, 5.74) is 1.90. The van der Waals surface area contributed by atoms with Crippen LogP contribution in [0, 0.1) is 0 Å². The van der Waals surface area contributed by atoms with Crippen molar-refractivity contribution in [1.82, 2.24) is 25.1 Å². The quantitative estimate of drug-likeness (QED) is 0.686. The zero-order valence-electron chi connectivity index (χ0n) is 16.4. The van der Waals surface area contributed by atoms with Crippen LogP contribution in [0.3, 0.4) is 0 Å². The van der Waals surface area contributed by atoms with Crippen molar-refractivity contribution in [3.63, 3.8) is 0 Å². The molecule has 7 nitrogen and oxygen atoms in total. The Kier molecular flexibility index (Phi) is 4.43. The molecule has 9 heteroatoms. The van der Waals surface area contributed by atoms with Gasteiger partial charge in [-0.3, -0.25) is 0 Å². The molecule has 0 spiro atoms. The van der Waals surface area contributed by atoms with Crippen molar-refractivity contribution in [2.75, 3.05) is 11.9 Å². The van der Waals surface area contributed by atoms with E-state index in [9.17, 15) is 13.9 Å². The standard InChI is InChI=1S/C21H22F2N6O/c1-28(15-8-13-11-21(22,23)19(10-15)25-13)20-5-4-17(26-27-20)16-3-2-14(9-18(16)30)29-7-6-24-12-29/h2-7,9,12-13,15,19,25,30H,8,10-11H2,1H3/t13-,15-,19+/m1/s1. The molecular formula is C21H22F2N6O. The van der Waals surface area contributed by atoms with Crippen molar-refractivity contribution >= 4 is 5.82 Å². The van der Waals surface area contributed by atoms with Gasteiger partial charge in [0.2, 0.25) is 0 Å². The maximum Gasteiger partial charge on any atom is 0.264 e. The van der Waals surface area contributed by atoms with Gasteiger partial charge in [-0.25, -0.2) is 13.8 Å². The Labute approximate surface area is 172 Å². The summed E-state index contributed by atoms with van der Waals surface area (Å²) in [6, 6.07) is 7.93. The molecule has 2 bridgehead atoms. The Morgan fingerprint density at radius 3 is 2.73 bits per heavy atom. The monoisotopic (exact) mass is 412 g/mol. The summed E-state index contributed by atoms with van der Waals surface area (Å²) >= 11 is 0. The predicted molar refractivity (Wildman–Crippen MR) is 108 cm³/mol. The number of halogens is 2. The van der Waals surface area contributed by atoms with Crippen LogP contribution in [0.2, 0.25) is 0 Å². The lowest BCUT2D eigenvalue weighted by Crippen LogP contribution is -2.49. The van der Waals surface area contributed by atoms with Crippen LogP contribution in [0.1, 0.15) is 19.3 Å². The number of hydrogen-bond acceptors (Lipinski definition) is 6.